The molecule has 0 aromatic heterocycles. The van der Waals surface area contributed by atoms with Gasteiger partial charge in [-0.2, -0.15) is 4.31 Å². The Balaban J connectivity index is 1.79. The topological polar surface area (TPSA) is 69.7 Å². The number of fused-ring (bicyclic) bond motifs is 1. The molecule has 138 valence electrons. The first-order valence-corrected chi connectivity index (χ1v) is 10.4. The zero-order chi connectivity index (χ0) is 18.0. The van der Waals surface area contributed by atoms with Crippen molar-refractivity contribution >= 4 is 15.9 Å². The van der Waals surface area contributed by atoms with Gasteiger partial charge in [-0.05, 0) is 62.0 Å². The molecule has 7 heteroatoms. The predicted octanol–water partition coefficient (Wildman–Crippen LogP) is 0.864. The Morgan fingerprint density at radius 1 is 1.20 bits per heavy atom. The number of hydrogen-bond acceptors (Lipinski definition) is 4. The number of nitrogens with zero attached hydrogens (tertiary/aromatic N) is 2. The summed E-state index contributed by atoms with van der Waals surface area (Å²) in [6.07, 6.45) is 2.39. The standard InChI is InChI=1S/C18H27N3O3S/c1-14(22)20-8-6-16-3-4-18(11-17(16)7-9-20)25(23,24)21-10-5-15(13-21)12-19-2/h3-4,11,15,19H,5-10,12-13H2,1-2H3. The lowest BCUT2D eigenvalue weighted by molar-refractivity contribution is -0.128. The van der Waals surface area contributed by atoms with Gasteiger partial charge in [-0.3, -0.25) is 4.79 Å². The van der Waals surface area contributed by atoms with Gasteiger partial charge in [0.25, 0.3) is 0 Å². The first-order chi connectivity index (χ1) is 11.9. The normalized spacial score (nSPS) is 21.8. The molecule has 0 radical (unpaired) electrons. The first-order valence-electron chi connectivity index (χ1n) is 8.94. The summed E-state index contributed by atoms with van der Waals surface area (Å²) in [6.45, 7) is 4.95. The van der Waals surface area contributed by atoms with E-state index in [-0.39, 0.29) is 5.91 Å². The summed E-state index contributed by atoms with van der Waals surface area (Å²) in [4.78, 5) is 13.8. The number of carbonyl (C=O) groups is 1. The lowest BCUT2D eigenvalue weighted by Crippen LogP contribution is -2.31. The number of carbonyl (C=O) groups excluding carboxylic acids is 1. The van der Waals surface area contributed by atoms with E-state index >= 15 is 0 Å². The van der Waals surface area contributed by atoms with Crippen LogP contribution in [-0.4, -0.2) is 63.3 Å². The van der Waals surface area contributed by atoms with E-state index in [0.717, 1.165) is 30.5 Å². The Morgan fingerprint density at radius 3 is 2.60 bits per heavy atom. The smallest absolute Gasteiger partial charge is 0.243 e. The third-order valence-electron chi connectivity index (χ3n) is 5.30. The lowest BCUT2D eigenvalue weighted by atomic mass is 10.0. The summed E-state index contributed by atoms with van der Waals surface area (Å²) in [5, 5.41) is 3.13. The monoisotopic (exact) mass is 365 g/mol. The predicted molar refractivity (Wildman–Crippen MR) is 96.9 cm³/mol. The van der Waals surface area contributed by atoms with E-state index in [4.69, 9.17) is 0 Å². The Labute approximate surface area is 150 Å². The van der Waals surface area contributed by atoms with E-state index in [1.165, 1.54) is 0 Å². The molecule has 1 aromatic carbocycles. The summed E-state index contributed by atoms with van der Waals surface area (Å²) in [5.74, 6) is 0.457. The largest absolute Gasteiger partial charge is 0.342 e. The molecule has 2 aliphatic heterocycles. The van der Waals surface area contributed by atoms with Crippen LogP contribution in [0.1, 0.15) is 24.5 Å². The van der Waals surface area contributed by atoms with Gasteiger partial charge in [0.05, 0.1) is 4.90 Å². The molecular formula is C18H27N3O3S. The summed E-state index contributed by atoms with van der Waals surface area (Å²) >= 11 is 0. The molecule has 2 aliphatic rings. The van der Waals surface area contributed by atoms with Gasteiger partial charge in [-0.1, -0.05) is 6.07 Å². The van der Waals surface area contributed by atoms with Gasteiger partial charge < -0.3 is 10.2 Å². The minimum absolute atomic E-state index is 0.0771. The zero-order valence-electron chi connectivity index (χ0n) is 15.0. The van der Waals surface area contributed by atoms with Crippen molar-refractivity contribution in [2.45, 2.75) is 31.1 Å². The van der Waals surface area contributed by atoms with Crippen molar-refractivity contribution in [3.05, 3.63) is 29.3 Å². The molecular weight excluding hydrogens is 338 g/mol. The molecule has 1 amide bonds. The van der Waals surface area contributed by atoms with Gasteiger partial charge in [0.1, 0.15) is 0 Å². The number of nitrogens with one attached hydrogen (secondary N) is 1. The second-order valence-corrected chi connectivity index (χ2v) is 8.95. The van der Waals surface area contributed by atoms with E-state index < -0.39 is 10.0 Å². The third kappa shape index (κ3) is 3.88. The molecule has 3 rings (SSSR count). The molecule has 1 saturated heterocycles. The molecule has 0 saturated carbocycles. The number of amides is 1. The summed E-state index contributed by atoms with van der Waals surface area (Å²) in [7, 11) is -1.54. The molecule has 25 heavy (non-hydrogen) atoms. The van der Waals surface area contributed by atoms with Crippen molar-refractivity contribution < 1.29 is 13.2 Å². The third-order valence-corrected chi connectivity index (χ3v) is 7.17. The minimum atomic E-state index is -3.44. The fraction of sp³-hybridized carbons (Fsp3) is 0.611. The molecule has 1 N–H and O–H groups in total. The number of rotatable bonds is 4. The summed E-state index contributed by atoms with van der Waals surface area (Å²) in [6, 6.07) is 5.47. The molecule has 1 aromatic rings. The highest BCUT2D eigenvalue weighted by Crippen LogP contribution is 2.27. The molecule has 2 heterocycles. The molecule has 1 unspecified atom stereocenters. The van der Waals surface area contributed by atoms with E-state index in [0.29, 0.717) is 43.4 Å². The highest BCUT2D eigenvalue weighted by molar-refractivity contribution is 7.89. The van der Waals surface area contributed by atoms with Crippen LogP contribution in [0.15, 0.2) is 23.1 Å². The quantitative estimate of drug-likeness (QED) is 0.859. The van der Waals surface area contributed by atoms with Crippen molar-refractivity contribution in [3.63, 3.8) is 0 Å². The van der Waals surface area contributed by atoms with Crippen molar-refractivity contribution in [2.24, 2.45) is 5.92 Å². The minimum Gasteiger partial charge on any atom is -0.342 e. The van der Waals surface area contributed by atoms with Gasteiger partial charge in [-0.25, -0.2) is 8.42 Å². The Hall–Kier alpha value is -1.44. The van der Waals surface area contributed by atoms with Crippen molar-refractivity contribution in [1.82, 2.24) is 14.5 Å². The van der Waals surface area contributed by atoms with Crippen LogP contribution >= 0.6 is 0 Å². The Bertz CT molecular complexity index is 748. The van der Waals surface area contributed by atoms with E-state index in [2.05, 4.69) is 5.32 Å². The Morgan fingerprint density at radius 2 is 1.92 bits per heavy atom. The van der Waals surface area contributed by atoms with Crippen molar-refractivity contribution in [2.75, 3.05) is 39.8 Å². The van der Waals surface area contributed by atoms with Crippen LogP contribution < -0.4 is 5.32 Å². The van der Waals surface area contributed by atoms with Crippen LogP contribution in [-0.2, 0) is 27.7 Å². The average molecular weight is 365 g/mol. The highest BCUT2D eigenvalue weighted by Gasteiger charge is 2.32. The second-order valence-electron chi connectivity index (χ2n) is 7.01. The number of benzene rings is 1. The molecule has 0 aliphatic carbocycles. The summed E-state index contributed by atoms with van der Waals surface area (Å²) < 4.78 is 27.5. The maximum atomic E-state index is 13.0. The maximum Gasteiger partial charge on any atom is 0.243 e. The molecule has 0 spiro atoms. The van der Waals surface area contributed by atoms with E-state index in [9.17, 15) is 13.2 Å². The van der Waals surface area contributed by atoms with Crippen molar-refractivity contribution in [1.29, 1.82) is 0 Å². The first kappa shape index (κ1) is 18.4. The molecule has 0 bridgehead atoms. The molecule has 1 atom stereocenters. The van der Waals surface area contributed by atoms with Gasteiger partial charge in [-0.15, -0.1) is 0 Å². The van der Waals surface area contributed by atoms with E-state index in [1.807, 2.05) is 24.1 Å². The van der Waals surface area contributed by atoms with Crippen molar-refractivity contribution in [3.8, 4) is 0 Å². The molecule has 1 fully saturated rings. The summed E-state index contributed by atoms with van der Waals surface area (Å²) in [5.41, 5.74) is 2.20. The van der Waals surface area contributed by atoms with Crippen LogP contribution in [0.25, 0.3) is 0 Å². The van der Waals surface area contributed by atoms with Gasteiger partial charge in [0.2, 0.25) is 15.9 Å². The van der Waals surface area contributed by atoms with Crippen LogP contribution in [0.2, 0.25) is 0 Å². The van der Waals surface area contributed by atoms with Gasteiger partial charge in [0, 0.05) is 33.1 Å². The van der Waals surface area contributed by atoms with Crippen LogP contribution in [0.3, 0.4) is 0 Å². The lowest BCUT2D eigenvalue weighted by Gasteiger charge is -2.18. The fourth-order valence-electron chi connectivity index (χ4n) is 3.80. The van der Waals surface area contributed by atoms with Gasteiger partial charge >= 0.3 is 0 Å². The molecule has 6 nitrogen and oxygen atoms in total. The SMILES string of the molecule is CNCC1CCN(S(=O)(=O)c2ccc3c(c2)CCN(C(C)=O)CC3)C1. The highest BCUT2D eigenvalue weighted by atomic mass is 32.2. The Kier molecular flexibility index (Phi) is 5.46. The zero-order valence-corrected chi connectivity index (χ0v) is 15.8. The van der Waals surface area contributed by atoms with Gasteiger partial charge in [0.15, 0.2) is 0 Å². The maximum absolute atomic E-state index is 13.0. The second kappa shape index (κ2) is 7.43. The van der Waals surface area contributed by atoms with Crippen LogP contribution in [0, 0.1) is 5.92 Å². The number of hydrogen-bond donors (Lipinski definition) is 1. The average Bonchev–Trinajstić information content (AvgIpc) is 2.94. The van der Waals surface area contributed by atoms with E-state index in [1.54, 1.807) is 17.3 Å². The fourth-order valence-corrected chi connectivity index (χ4v) is 5.38. The number of sulfonamides is 1. The van der Waals surface area contributed by atoms with Crippen LogP contribution in [0.4, 0.5) is 0 Å². The van der Waals surface area contributed by atoms with Crippen LogP contribution in [0.5, 0.6) is 0 Å².